The molecule has 0 saturated carbocycles. The monoisotopic (exact) mass is 238 g/mol. The highest BCUT2D eigenvalue weighted by Gasteiger charge is 1.90. The van der Waals surface area contributed by atoms with Gasteiger partial charge in [0.1, 0.15) is 5.82 Å². The first-order chi connectivity index (χ1) is 3.84. The Kier molecular flexibility index (Phi) is 3.84. The van der Waals surface area contributed by atoms with Crippen molar-refractivity contribution >= 4 is 24.0 Å². The van der Waals surface area contributed by atoms with Crippen molar-refractivity contribution in [3.05, 3.63) is 18.2 Å². The molecule has 0 unspecified atom stereocenters. The van der Waals surface area contributed by atoms with E-state index in [2.05, 4.69) is 11.9 Å². The third-order valence-corrected chi connectivity index (χ3v) is 1.24. The maximum absolute atomic E-state index is 4.10. The lowest BCUT2D eigenvalue weighted by molar-refractivity contribution is 0.808. The van der Waals surface area contributed by atoms with E-state index in [-0.39, 0.29) is 24.0 Å². The van der Waals surface area contributed by atoms with Gasteiger partial charge in [-0.3, -0.25) is 0 Å². The van der Waals surface area contributed by atoms with Gasteiger partial charge in [-0.2, -0.15) is 0 Å². The zero-order valence-corrected chi connectivity index (χ0v) is 7.99. The molecule has 0 atom stereocenters. The van der Waals surface area contributed by atoms with E-state index in [0.29, 0.717) is 0 Å². The number of imidazole rings is 1. The van der Waals surface area contributed by atoms with Crippen molar-refractivity contribution in [2.75, 3.05) is 0 Å². The van der Waals surface area contributed by atoms with Gasteiger partial charge in [0.15, 0.2) is 0 Å². The predicted octanol–water partition coefficient (Wildman–Crippen LogP) is 1.60. The molecule has 0 aromatic carbocycles. The van der Waals surface area contributed by atoms with Crippen LogP contribution in [0.2, 0.25) is 0 Å². The molecule has 0 saturated heterocycles. The predicted molar refractivity (Wildman–Crippen MR) is 48.0 cm³/mol. The molecular formula is C6H11IN2. The van der Waals surface area contributed by atoms with Crippen molar-refractivity contribution in [1.29, 1.82) is 0 Å². The van der Waals surface area contributed by atoms with Crippen LogP contribution < -0.4 is 0 Å². The van der Waals surface area contributed by atoms with Gasteiger partial charge in [-0.25, -0.2) is 4.98 Å². The fourth-order valence-electron chi connectivity index (χ4n) is 0.737. The summed E-state index contributed by atoms with van der Waals surface area (Å²) in [7, 11) is 2.01. The van der Waals surface area contributed by atoms with E-state index in [1.807, 2.05) is 24.0 Å². The van der Waals surface area contributed by atoms with Crippen LogP contribution >= 0.6 is 24.0 Å². The SMILES string of the molecule is CCc1nccn1C.I. The zero-order chi connectivity index (χ0) is 5.98. The van der Waals surface area contributed by atoms with Crippen molar-refractivity contribution in [2.45, 2.75) is 13.3 Å². The summed E-state index contributed by atoms with van der Waals surface area (Å²) >= 11 is 0. The van der Waals surface area contributed by atoms with Crippen molar-refractivity contribution in [3.8, 4) is 0 Å². The van der Waals surface area contributed by atoms with E-state index in [1.54, 1.807) is 0 Å². The molecule has 0 bridgehead atoms. The number of aromatic nitrogens is 2. The lowest BCUT2D eigenvalue weighted by Gasteiger charge is -1.92. The van der Waals surface area contributed by atoms with Crippen LogP contribution in [0.3, 0.4) is 0 Å². The van der Waals surface area contributed by atoms with Crippen LogP contribution in [0.4, 0.5) is 0 Å². The molecule has 0 amide bonds. The molecule has 52 valence electrons. The van der Waals surface area contributed by atoms with E-state index in [1.165, 1.54) is 0 Å². The highest BCUT2D eigenvalue weighted by molar-refractivity contribution is 14.0. The maximum Gasteiger partial charge on any atom is 0.108 e. The van der Waals surface area contributed by atoms with Crippen LogP contribution in [0.25, 0.3) is 0 Å². The molecule has 0 N–H and O–H groups in total. The summed E-state index contributed by atoms with van der Waals surface area (Å²) in [6.45, 7) is 2.10. The summed E-state index contributed by atoms with van der Waals surface area (Å²) in [5, 5.41) is 0. The molecule has 2 nitrogen and oxygen atoms in total. The summed E-state index contributed by atoms with van der Waals surface area (Å²) in [6, 6.07) is 0. The summed E-state index contributed by atoms with van der Waals surface area (Å²) in [5.74, 6) is 1.14. The molecule has 0 aliphatic rings. The third-order valence-electron chi connectivity index (χ3n) is 1.24. The number of aryl methyl sites for hydroxylation is 2. The van der Waals surface area contributed by atoms with Gasteiger partial charge in [-0.1, -0.05) is 6.92 Å². The Morgan fingerprint density at radius 3 is 2.56 bits per heavy atom. The number of nitrogens with zero attached hydrogens (tertiary/aromatic N) is 2. The molecule has 3 heteroatoms. The summed E-state index contributed by atoms with van der Waals surface area (Å²) in [5.41, 5.74) is 0. The Morgan fingerprint density at radius 2 is 2.33 bits per heavy atom. The quantitative estimate of drug-likeness (QED) is 0.679. The number of hydrogen-bond donors (Lipinski definition) is 0. The standard InChI is InChI=1S/C6H10N2.HI/c1-3-6-7-4-5-8(6)2;/h4-5H,3H2,1-2H3;1H. The van der Waals surface area contributed by atoms with Crippen LogP contribution in [0.5, 0.6) is 0 Å². The van der Waals surface area contributed by atoms with Gasteiger partial charge in [-0.15, -0.1) is 24.0 Å². The van der Waals surface area contributed by atoms with Gasteiger partial charge in [-0.05, 0) is 0 Å². The highest BCUT2D eigenvalue weighted by Crippen LogP contribution is 1.92. The number of rotatable bonds is 1. The first kappa shape index (κ1) is 8.94. The molecule has 0 aliphatic carbocycles. The first-order valence-electron chi connectivity index (χ1n) is 2.80. The minimum absolute atomic E-state index is 0. The van der Waals surface area contributed by atoms with Crippen molar-refractivity contribution in [2.24, 2.45) is 7.05 Å². The largest absolute Gasteiger partial charge is 0.338 e. The topological polar surface area (TPSA) is 17.8 Å². The van der Waals surface area contributed by atoms with Crippen LogP contribution in [0.1, 0.15) is 12.7 Å². The van der Waals surface area contributed by atoms with Crippen molar-refractivity contribution < 1.29 is 0 Å². The van der Waals surface area contributed by atoms with E-state index in [0.717, 1.165) is 12.2 Å². The average Bonchev–Trinajstić information content (AvgIpc) is 2.14. The van der Waals surface area contributed by atoms with Crippen LogP contribution in [-0.4, -0.2) is 9.55 Å². The number of hydrogen-bond acceptors (Lipinski definition) is 1. The Labute approximate surface area is 72.3 Å². The van der Waals surface area contributed by atoms with Crippen LogP contribution in [0, 0.1) is 0 Å². The normalized spacial score (nSPS) is 8.67. The summed E-state index contributed by atoms with van der Waals surface area (Å²) < 4.78 is 2.03. The van der Waals surface area contributed by atoms with Crippen LogP contribution in [-0.2, 0) is 13.5 Å². The lowest BCUT2D eigenvalue weighted by Crippen LogP contribution is -1.92. The van der Waals surface area contributed by atoms with Crippen molar-refractivity contribution in [3.63, 3.8) is 0 Å². The second-order valence-electron chi connectivity index (χ2n) is 1.81. The molecule has 1 aromatic rings. The van der Waals surface area contributed by atoms with Gasteiger partial charge in [0.25, 0.3) is 0 Å². The van der Waals surface area contributed by atoms with Crippen molar-refractivity contribution in [1.82, 2.24) is 9.55 Å². The summed E-state index contributed by atoms with van der Waals surface area (Å²) in [6.07, 6.45) is 4.79. The van der Waals surface area contributed by atoms with Gasteiger partial charge < -0.3 is 4.57 Å². The minimum Gasteiger partial charge on any atom is -0.338 e. The van der Waals surface area contributed by atoms with Crippen LogP contribution in [0.15, 0.2) is 12.4 Å². The van der Waals surface area contributed by atoms with Gasteiger partial charge in [0.2, 0.25) is 0 Å². The first-order valence-corrected chi connectivity index (χ1v) is 2.80. The van der Waals surface area contributed by atoms with Gasteiger partial charge in [0, 0.05) is 25.9 Å². The Hall–Kier alpha value is -0.0600. The molecule has 9 heavy (non-hydrogen) atoms. The second kappa shape index (κ2) is 3.87. The van der Waals surface area contributed by atoms with E-state index < -0.39 is 0 Å². The smallest absolute Gasteiger partial charge is 0.108 e. The maximum atomic E-state index is 4.10. The third kappa shape index (κ3) is 1.97. The Balaban J connectivity index is 0.000000640. The lowest BCUT2D eigenvalue weighted by atomic mass is 10.5. The molecule has 0 fully saturated rings. The second-order valence-corrected chi connectivity index (χ2v) is 1.81. The molecular weight excluding hydrogens is 227 g/mol. The number of halogens is 1. The summed E-state index contributed by atoms with van der Waals surface area (Å²) in [4.78, 5) is 4.10. The van der Waals surface area contributed by atoms with E-state index in [9.17, 15) is 0 Å². The molecule has 0 radical (unpaired) electrons. The van der Waals surface area contributed by atoms with E-state index in [4.69, 9.17) is 0 Å². The van der Waals surface area contributed by atoms with E-state index >= 15 is 0 Å². The zero-order valence-electron chi connectivity index (χ0n) is 5.66. The minimum atomic E-state index is 0. The Bertz CT molecular complexity index is 171. The highest BCUT2D eigenvalue weighted by atomic mass is 127. The molecule has 0 spiro atoms. The molecule has 1 rings (SSSR count). The molecule has 1 aromatic heterocycles. The fraction of sp³-hybridized carbons (Fsp3) is 0.500. The Morgan fingerprint density at radius 1 is 1.67 bits per heavy atom. The molecule has 0 aliphatic heterocycles. The fourth-order valence-corrected chi connectivity index (χ4v) is 0.737. The van der Waals surface area contributed by atoms with Gasteiger partial charge in [0.05, 0.1) is 0 Å². The molecule has 1 heterocycles. The average molecular weight is 238 g/mol. The van der Waals surface area contributed by atoms with Gasteiger partial charge >= 0.3 is 0 Å².